The number of carbonyl (C=O) groups excluding carboxylic acids is 1. The molecule has 6 nitrogen and oxygen atoms in total. The normalized spacial score (nSPS) is 10.8. The van der Waals surface area contributed by atoms with Crippen molar-refractivity contribution in [3.8, 4) is 11.5 Å². The van der Waals surface area contributed by atoms with Crippen LogP contribution in [0.25, 0.3) is 10.2 Å². The summed E-state index contributed by atoms with van der Waals surface area (Å²) < 4.78 is 24.9. The van der Waals surface area contributed by atoms with E-state index in [1.54, 1.807) is 31.3 Å². The Labute approximate surface area is 202 Å². The predicted octanol–water partition coefficient (Wildman–Crippen LogP) is 4.95. The maximum absolute atomic E-state index is 13.2. The SMILES string of the molecule is COc1ccc(OC)c2sc(N(CCCN(C)C)C(=O)CSc3ccc(F)cc3)nc12.Cl. The topological polar surface area (TPSA) is 54.9 Å². The average Bonchev–Trinajstić information content (AvgIpc) is 3.20. The molecular weight excluding hydrogens is 473 g/mol. The number of nitrogens with zero attached hydrogens (tertiary/aromatic N) is 3. The van der Waals surface area contributed by atoms with Gasteiger partial charge >= 0.3 is 0 Å². The molecule has 0 radical (unpaired) electrons. The van der Waals surface area contributed by atoms with Crippen molar-refractivity contribution in [2.75, 3.05) is 52.1 Å². The summed E-state index contributed by atoms with van der Waals surface area (Å²) in [7, 11) is 7.22. The lowest BCUT2D eigenvalue weighted by atomic mass is 10.3. The zero-order chi connectivity index (χ0) is 22.4. The van der Waals surface area contributed by atoms with Crippen molar-refractivity contribution >= 4 is 56.8 Å². The third kappa shape index (κ3) is 6.48. The summed E-state index contributed by atoms with van der Waals surface area (Å²) in [4.78, 5) is 22.5. The van der Waals surface area contributed by atoms with E-state index in [1.165, 1.54) is 35.2 Å². The number of anilines is 1. The Kier molecular flexibility index (Phi) is 10.0. The van der Waals surface area contributed by atoms with Crippen LogP contribution in [0.2, 0.25) is 0 Å². The first-order valence-corrected chi connectivity index (χ1v) is 11.6. The van der Waals surface area contributed by atoms with Crippen LogP contribution in [0.1, 0.15) is 6.42 Å². The Morgan fingerprint density at radius 2 is 1.72 bits per heavy atom. The zero-order valence-corrected chi connectivity index (χ0v) is 20.9. The molecule has 10 heteroatoms. The third-order valence-electron chi connectivity index (χ3n) is 4.59. The van der Waals surface area contributed by atoms with Gasteiger partial charge in [-0.25, -0.2) is 9.37 Å². The van der Waals surface area contributed by atoms with Gasteiger partial charge in [0.05, 0.1) is 20.0 Å². The first-order valence-electron chi connectivity index (χ1n) is 9.78. The number of carbonyl (C=O) groups is 1. The molecule has 0 aliphatic carbocycles. The third-order valence-corrected chi connectivity index (χ3v) is 6.68. The van der Waals surface area contributed by atoms with E-state index in [2.05, 4.69) is 4.90 Å². The van der Waals surface area contributed by atoms with Gasteiger partial charge in [-0.05, 0) is 63.5 Å². The molecule has 0 unspecified atom stereocenters. The van der Waals surface area contributed by atoms with Crippen molar-refractivity contribution < 1.29 is 18.7 Å². The van der Waals surface area contributed by atoms with Crippen LogP contribution in [0.3, 0.4) is 0 Å². The molecule has 0 N–H and O–H groups in total. The number of halogens is 2. The lowest BCUT2D eigenvalue weighted by Crippen LogP contribution is -2.34. The summed E-state index contributed by atoms with van der Waals surface area (Å²) in [5.74, 6) is 1.22. The van der Waals surface area contributed by atoms with Crippen molar-refractivity contribution in [1.29, 1.82) is 0 Å². The predicted molar refractivity (Wildman–Crippen MR) is 133 cm³/mol. The maximum Gasteiger partial charge on any atom is 0.239 e. The highest BCUT2D eigenvalue weighted by Gasteiger charge is 2.22. The molecule has 0 saturated heterocycles. The molecule has 1 heterocycles. The van der Waals surface area contributed by atoms with Gasteiger partial charge in [-0.1, -0.05) is 11.3 Å². The standard InChI is InChI=1S/C22H26FN3O3S2.ClH/c1-25(2)12-5-13-26(19(27)14-30-16-8-6-15(23)7-9-16)22-24-20-17(28-3)10-11-18(29-4)21(20)31-22;/h6-11H,5,12-14H2,1-4H3;1H. The molecule has 0 bridgehead atoms. The zero-order valence-electron chi connectivity index (χ0n) is 18.5. The summed E-state index contributed by atoms with van der Waals surface area (Å²) >= 11 is 2.79. The van der Waals surface area contributed by atoms with Crippen molar-refractivity contribution in [1.82, 2.24) is 9.88 Å². The molecule has 0 fully saturated rings. The van der Waals surface area contributed by atoms with Crippen LogP contribution in [-0.4, -0.2) is 62.9 Å². The molecule has 3 aromatic rings. The van der Waals surface area contributed by atoms with Gasteiger partial charge in [-0.2, -0.15) is 0 Å². The van der Waals surface area contributed by atoms with Crippen LogP contribution >= 0.6 is 35.5 Å². The summed E-state index contributed by atoms with van der Waals surface area (Å²) in [6, 6.07) is 9.80. The summed E-state index contributed by atoms with van der Waals surface area (Å²) in [5.41, 5.74) is 0.679. The highest BCUT2D eigenvalue weighted by atomic mass is 35.5. The number of aromatic nitrogens is 1. The van der Waals surface area contributed by atoms with E-state index in [9.17, 15) is 9.18 Å². The number of amides is 1. The number of hydrogen-bond acceptors (Lipinski definition) is 7. The first-order chi connectivity index (χ1) is 14.9. The minimum atomic E-state index is -0.293. The van der Waals surface area contributed by atoms with Gasteiger partial charge in [0.25, 0.3) is 0 Å². The van der Waals surface area contributed by atoms with E-state index in [1.807, 2.05) is 26.2 Å². The van der Waals surface area contributed by atoms with Gasteiger partial charge in [-0.15, -0.1) is 24.2 Å². The average molecular weight is 500 g/mol. The van der Waals surface area contributed by atoms with Crippen LogP contribution in [0.5, 0.6) is 11.5 Å². The molecule has 2 aromatic carbocycles. The second kappa shape index (κ2) is 12.2. The molecule has 1 aromatic heterocycles. The fourth-order valence-electron chi connectivity index (χ4n) is 3.02. The Morgan fingerprint density at radius 3 is 2.34 bits per heavy atom. The van der Waals surface area contributed by atoms with Crippen molar-refractivity contribution in [3.05, 3.63) is 42.2 Å². The molecule has 174 valence electrons. The molecule has 0 saturated carbocycles. The summed E-state index contributed by atoms with van der Waals surface area (Å²) in [5, 5.41) is 0.612. The molecule has 0 spiro atoms. The molecule has 3 rings (SSSR count). The molecule has 0 aliphatic heterocycles. The lowest BCUT2D eigenvalue weighted by molar-refractivity contribution is -0.116. The molecule has 0 atom stereocenters. The number of thioether (sulfide) groups is 1. The van der Waals surface area contributed by atoms with E-state index in [4.69, 9.17) is 14.5 Å². The number of methoxy groups -OCH3 is 2. The Hall–Kier alpha value is -2.07. The summed E-state index contributed by atoms with van der Waals surface area (Å²) in [6.07, 6.45) is 0.810. The molecule has 32 heavy (non-hydrogen) atoms. The van der Waals surface area contributed by atoms with Crippen molar-refractivity contribution in [2.45, 2.75) is 11.3 Å². The van der Waals surface area contributed by atoms with Crippen molar-refractivity contribution in [3.63, 3.8) is 0 Å². The molecule has 0 aliphatic rings. The van der Waals surface area contributed by atoms with Crippen LogP contribution in [-0.2, 0) is 4.79 Å². The number of thiazole rings is 1. The van der Waals surface area contributed by atoms with Crippen LogP contribution in [0, 0.1) is 5.82 Å². The number of rotatable bonds is 10. The van der Waals surface area contributed by atoms with Crippen LogP contribution in [0.4, 0.5) is 9.52 Å². The quantitative estimate of drug-likeness (QED) is 0.368. The second-order valence-electron chi connectivity index (χ2n) is 7.09. The van der Waals surface area contributed by atoms with Crippen LogP contribution in [0.15, 0.2) is 41.3 Å². The Bertz CT molecular complexity index is 990. The van der Waals surface area contributed by atoms with Gasteiger partial charge in [0.1, 0.15) is 27.5 Å². The van der Waals surface area contributed by atoms with Gasteiger partial charge in [-0.3, -0.25) is 9.69 Å². The number of hydrogen-bond donors (Lipinski definition) is 0. The van der Waals surface area contributed by atoms with E-state index < -0.39 is 0 Å². The number of fused-ring (bicyclic) bond motifs is 1. The summed E-state index contributed by atoms with van der Waals surface area (Å²) in [6.45, 7) is 1.40. The van der Waals surface area contributed by atoms with Gasteiger partial charge in [0.15, 0.2) is 5.13 Å². The highest BCUT2D eigenvalue weighted by molar-refractivity contribution is 8.00. The van der Waals surface area contributed by atoms with E-state index in [0.717, 1.165) is 22.6 Å². The molecule has 1 amide bonds. The van der Waals surface area contributed by atoms with Gasteiger partial charge < -0.3 is 14.4 Å². The monoisotopic (exact) mass is 499 g/mol. The van der Waals surface area contributed by atoms with Gasteiger partial charge in [0, 0.05) is 11.4 Å². The van der Waals surface area contributed by atoms with E-state index >= 15 is 0 Å². The van der Waals surface area contributed by atoms with Gasteiger partial charge in [0.2, 0.25) is 5.91 Å². The Morgan fingerprint density at radius 1 is 1.06 bits per heavy atom. The second-order valence-corrected chi connectivity index (χ2v) is 9.12. The lowest BCUT2D eigenvalue weighted by Gasteiger charge is -2.21. The van der Waals surface area contributed by atoms with Crippen molar-refractivity contribution in [2.24, 2.45) is 0 Å². The highest BCUT2D eigenvalue weighted by Crippen LogP contribution is 2.40. The fourth-order valence-corrected chi connectivity index (χ4v) is 4.91. The Balaban J connectivity index is 0.00000363. The maximum atomic E-state index is 13.2. The minimum Gasteiger partial charge on any atom is -0.495 e. The smallest absolute Gasteiger partial charge is 0.239 e. The van der Waals surface area contributed by atoms with E-state index in [0.29, 0.717) is 28.7 Å². The number of benzene rings is 2. The largest absolute Gasteiger partial charge is 0.495 e. The minimum absolute atomic E-state index is 0. The fraction of sp³-hybridized carbons (Fsp3) is 0.364. The van der Waals surface area contributed by atoms with E-state index in [-0.39, 0.29) is 29.9 Å². The number of ether oxygens (including phenoxy) is 2. The first kappa shape index (κ1) is 26.2. The molecular formula is C22H27ClFN3O3S2. The van der Waals surface area contributed by atoms with Crippen LogP contribution < -0.4 is 14.4 Å².